The summed E-state index contributed by atoms with van der Waals surface area (Å²) in [5.41, 5.74) is 18.1. The number of rotatable bonds is 10. The van der Waals surface area contributed by atoms with Crippen LogP contribution in [0.25, 0.3) is 109 Å². The van der Waals surface area contributed by atoms with Crippen molar-refractivity contribution < 1.29 is 17.7 Å². The summed E-state index contributed by atoms with van der Waals surface area (Å²) in [4.78, 5) is 4.67. The van der Waals surface area contributed by atoms with Crippen LogP contribution in [0.4, 0.5) is 34.1 Å². The van der Waals surface area contributed by atoms with Gasteiger partial charge in [0.05, 0.1) is 11.4 Å². The van der Waals surface area contributed by atoms with Crippen LogP contribution in [0, 0.1) is 0 Å². The lowest BCUT2D eigenvalue weighted by atomic mass is 10.00. The zero-order chi connectivity index (χ0) is 54.2. The minimum absolute atomic E-state index is 0.325. The normalized spacial score (nSPS) is 12.4. The molecule has 11 aromatic carbocycles. The molecule has 80 heavy (non-hydrogen) atoms. The average Bonchev–Trinajstić information content (AvgIpc) is 4.41. The number of para-hydroxylation sites is 4. The zero-order valence-electron chi connectivity index (χ0n) is 46.3. The van der Waals surface area contributed by atoms with Gasteiger partial charge in [0.2, 0.25) is 0 Å². The maximum absolute atomic E-state index is 6.93. The van der Waals surface area contributed by atoms with E-state index in [1.54, 1.807) is 0 Å². The highest BCUT2D eigenvalue weighted by atomic mass is 16.3. The monoisotopic (exact) mass is 1040 g/mol. The van der Waals surface area contributed by atoms with Gasteiger partial charge in [0, 0.05) is 65.8 Å². The summed E-state index contributed by atoms with van der Waals surface area (Å²) in [6.45, 7) is 17.9. The molecular formula is C74H60N2O4. The Morgan fingerprint density at radius 3 is 1.00 bits per heavy atom. The Bertz CT molecular complexity index is 4650. The lowest BCUT2D eigenvalue weighted by Gasteiger charge is -2.26. The number of fused-ring (bicyclic) bond motifs is 14. The predicted molar refractivity (Wildman–Crippen MR) is 336 cm³/mol. The molecule has 0 bridgehead atoms. The van der Waals surface area contributed by atoms with E-state index in [1.807, 2.05) is 0 Å². The van der Waals surface area contributed by atoms with Crippen molar-refractivity contribution in [1.29, 1.82) is 0 Å². The second-order valence-electron chi connectivity index (χ2n) is 23.2. The van der Waals surface area contributed by atoms with Crippen LogP contribution in [0.1, 0.15) is 101 Å². The zero-order valence-corrected chi connectivity index (χ0v) is 46.3. The molecule has 0 saturated heterocycles. The van der Waals surface area contributed by atoms with Crippen LogP contribution in [-0.4, -0.2) is 0 Å². The minimum Gasteiger partial charge on any atom is -0.456 e. The van der Waals surface area contributed by atoms with Crippen molar-refractivity contribution in [2.45, 2.75) is 79.1 Å². The van der Waals surface area contributed by atoms with E-state index in [0.717, 1.165) is 143 Å². The van der Waals surface area contributed by atoms with E-state index in [2.05, 4.69) is 259 Å². The van der Waals surface area contributed by atoms with Gasteiger partial charge >= 0.3 is 0 Å². The predicted octanol–water partition coefficient (Wildman–Crippen LogP) is 23.0. The Balaban J connectivity index is 0.830. The quantitative estimate of drug-likeness (QED) is 0.136. The summed E-state index contributed by atoms with van der Waals surface area (Å²) in [7, 11) is 0. The van der Waals surface area contributed by atoms with Gasteiger partial charge in [-0.1, -0.05) is 152 Å². The average molecular weight is 1040 g/mol. The fraction of sp³-hybridized carbons (Fsp3) is 0.162. The lowest BCUT2D eigenvalue weighted by molar-refractivity contribution is 0.657. The van der Waals surface area contributed by atoms with E-state index in [1.165, 1.54) is 22.3 Å². The van der Waals surface area contributed by atoms with E-state index in [0.29, 0.717) is 23.7 Å². The van der Waals surface area contributed by atoms with Crippen molar-refractivity contribution in [2.75, 3.05) is 9.80 Å². The van der Waals surface area contributed by atoms with Crippen molar-refractivity contribution in [1.82, 2.24) is 0 Å². The molecule has 0 atom stereocenters. The Morgan fingerprint density at radius 2 is 0.613 bits per heavy atom. The number of hydrogen-bond acceptors (Lipinski definition) is 6. The lowest BCUT2D eigenvalue weighted by Crippen LogP contribution is -2.10. The molecule has 0 fully saturated rings. The Morgan fingerprint density at radius 1 is 0.263 bits per heavy atom. The molecule has 15 rings (SSSR count). The number of furan rings is 4. The summed E-state index contributed by atoms with van der Waals surface area (Å²) in [6, 6.07) is 70.6. The molecule has 0 N–H and O–H groups in total. The van der Waals surface area contributed by atoms with Crippen LogP contribution >= 0.6 is 0 Å². The minimum atomic E-state index is 0.325. The van der Waals surface area contributed by atoms with Crippen LogP contribution in [0.3, 0.4) is 0 Å². The van der Waals surface area contributed by atoms with Crippen molar-refractivity contribution >= 4 is 143 Å². The maximum Gasteiger partial charge on any atom is 0.159 e. The summed E-state index contributed by atoms with van der Waals surface area (Å²) in [6.07, 6.45) is 0. The van der Waals surface area contributed by atoms with E-state index in [4.69, 9.17) is 17.7 Å². The molecular weight excluding hydrogens is 981 g/mol. The highest BCUT2D eigenvalue weighted by molar-refractivity contribution is 6.19. The molecule has 6 nitrogen and oxygen atoms in total. The van der Waals surface area contributed by atoms with Crippen molar-refractivity contribution in [3.8, 4) is 0 Å². The first-order valence-electron chi connectivity index (χ1n) is 28.3. The van der Waals surface area contributed by atoms with Crippen molar-refractivity contribution in [3.63, 3.8) is 0 Å². The first kappa shape index (κ1) is 47.9. The summed E-state index contributed by atoms with van der Waals surface area (Å²) >= 11 is 0. The first-order valence-corrected chi connectivity index (χ1v) is 28.3. The molecule has 0 radical (unpaired) electrons. The Kier molecular flexibility index (Phi) is 10.9. The van der Waals surface area contributed by atoms with Gasteiger partial charge < -0.3 is 27.5 Å². The van der Waals surface area contributed by atoms with Crippen molar-refractivity contribution in [2.24, 2.45) is 0 Å². The van der Waals surface area contributed by atoms with Crippen LogP contribution in [0.15, 0.2) is 212 Å². The highest BCUT2D eigenvalue weighted by Crippen LogP contribution is 2.48. The number of anilines is 6. The molecule has 390 valence electrons. The van der Waals surface area contributed by atoms with Crippen LogP contribution < -0.4 is 9.80 Å². The molecule has 0 aliphatic rings. The fourth-order valence-electron chi connectivity index (χ4n) is 12.6. The van der Waals surface area contributed by atoms with Gasteiger partial charge in [0.15, 0.2) is 11.2 Å². The topological polar surface area (TPSA) is 59.0 Å². The molecule has 0 saturated carbocycles. The third-order valence-electron chi connectivity index (χ3n) is 16.9. The number of hydrogen-bond donors (Lipinski definition) is 0. The van der Waals surface area contributed by atoms with Gasteiger partial charge in [-0.2, -0.15) is 0 Å². The Labute approximate surface area is 464 Å². The third-order valence-corrected chi connectivity index (χ3v) is 16.9. The molecule has 6 heteroatoms. The van der Waals surface area contributed by atoms with Crippen LogP contribution in [0.5, 0.6) is 0 Å². The highest BCUT2D eigenvalue weighted by Gasteiger charge is 2.25. The summed E-state index contributed by atoms with van der Waals surface area (Å²) in [5.74, 6) is 1.49. The number of nitrogens with zero attached hydrogens (tertiary/aromatic N) is 2. The molecule has 0 unspecified atom stereocenters. The molecule has 0 aliphatic heterocycles. The molecule has 0 spiro atoms. The molecule has 0 aliphatic carbocycles. The summed E-state index contributed by atoms with van der Waals surface area (Å²) < 4.78 is 27.5. The van der Waals surface area contributed by atoms with Gasteiger partial charge in [-0.25, -0.2) is 0 Å². The smallest absolute Gasteiger partial charge is 0.159 e. The second-order valence-corrected chi connectivity index (χ2v) is 23.2. The van der Waals surface area contributed by atoms with Gasteiger partial charge in [0.25, 0.3) is 0 Å². The molecule has 0 amide bonds. The first-order chi connectivity index (χ1) is 38.9. The molecule has 4 aromatic heterocycles. The summed E-state index contributed by atoms with van der Waals surface area (Å²) in [5, 5.41) is 13.0. The van der Waals surface area contributed by atoms with E-state index in [9.17, 15) is 0 Å². The number of benzene rings is 11. The third kappa shape index (κ3) is 7.52. The standard InChI is InChI=1S/C74H60N2O4/c1-41(2)45-21-27-51(28-22-45)75(65-19-11-17-59-57-15-9-13-55(43(5)6)71(57)79-73(59)65)53-31-25-47-35-61-63-39-70-64(40-69(63)77-67(61)37-49(47)33-53)62-36-48-26-32-54(34-50(48)38-68(62)78-70)76(52-29-23-46(24-30-52)42(3)4)66-20-12-18-60-58-16-10-14-56(44(7)8)72(58)80-74(60)66/h9-44H,1-8H3. The van der Waals surface area contributed by atoms with Crippen LogP contribution in [-0.2, 0) is 0 Å². The van der Waals surface area contributed by atoms with E-state index < -0.39 is 0 Å². The van der Waals surface area contributed by atoms with Gasteiger partial charge in [-0.15, -0.1) is 0 Å². The Hall–Kier alpha value is -9.26. The van der Waals surface area contributed by atoms with Crippen molar-refractivity contribution in [3.05, 3.63) is 216 Å². The van der Waals surface area contributed by atoms with Gasteiger partial charge in [0.1, 0.15) is 33.5 Å². The fourth-order valence-corrected chi connectivity index (χ4v) is 12.6. The van der Waals surface area contributed by atoms with Crippen LogP contribution in [0.2, 0.25) is 0 Å². The SMILES string of the molecule is CC(C)c1ccc(N(c2ccc3cc4c(cc3c2)oc2cc3c(cc24)oc2cc4cc(N(c5ccc(C(C)C)cc5)c5cccc6c5oc5c(C(C)C)cccc56)ccc4cc23)c2cccc3c2oc2c(C(C)C)cccc23)cc1. The second kappa shape index (κ2) is 18.2. The molecule has 4 heterocycles. The molecule has 15 aromatic rings. The largest absolute Gasteiger partial charge is 0.456 e. The van der Waals surface area contributed by atoms with Gasteiger partial charge in [-0.3, -0.25) is 0 Å². The van der Waals surface area contributed by atoms with E-state index in [-0.39, 0.29) is 0 Å². The maximum atomic E-state index is 6.93. The van der Waals surface area contributed by atoms with Gasteiger partial charge in [-0.05, 0) is 165 Å². The van der Waals surface area contributed by atoms with E-state index >= 15 is 0 Å².